The van der Waals surface area contributed by atoms with Crippen LogP contribution in [0.2, 0.25) is 0 Å². The minimum Gasteiger partial charge on any atom is -0.241 e. The Morgan fingerprint density at radius 3 is 2.83 bits per heavy atom. The van der Waals surface area contributed by atoms with E-state index in [1.165, 1.54) is 17.4 Å². The van der Waals surface area contributed by atoms with Crippen LogP contribution in [0.5, 0.6) is 0 Å². The van der Waals surface area contributed by atoms with Crippen LogP contribution in [-0.4, -0.2) is 4.98 Å². The molecule has 0 amide bonds. The number of aromatic nitrogens is 1. The second-order valence-electron chi connectivity index (χ2n) is 2.47. The fourth-order valence-electron chi connectivity index (χ4n) is 1.07. The highest BCUT2D eigenvalue weighted by Crippen LogP contribution is 2.25. The average Bonchev–Trinajstić information content (AvgIpc) is 2.29. The van der Waals surface area contributed by atoms with Crippen molar-refractivity contribution in [2.24, 2.45) is 0 Å². The minimum absolute atomic E-state index is 0.398. The summed E-state index contributed by atoms with van der Waals surface area (Å²) < 4.78 is 26.0. The highest BCUT2D eigenvalue weighted by molar-refractivity contribution is 7.18. The van der Waals surface area contributed by atoms with E-state index >= 15 is 0 Å². The van der Waals surface area contributed by atoms with Crippen molar-refractivity contribution in [2.75, 3.05) is 0 Å². The van der Waals surface area contributed by atoms with Crippen molar-refractivity contribution >= 4 is 21.6 Å². The normalized spacial score (nSPS) is 10.9. The number of halogens is 2. The van der Waals surface area contributed by atoms with Gasteiger partial charge in [-0.3, -0.25) is 0 Å². The molecule has 2 rings (SSSR count). The van der Waals surface area contributed by atoms with Crippen molar-refractivity contribution in [2.45, 2.75) is 6.92 Å². The van der Waals surface area contributed by atoms with Gasteiger partial charge in [0.2, 0.25) is 0 Å². The SMILES string of the molecule is Cc1nc2cc(F)cc(F)c2s1. The molecule has 0 radical (unpaired) electrons. The molecule has 4 heteroatoms. The van der Waals surface area contributed by atoms with E-state index in [9.17, 15) is 8.78 Å². The van der Waals surface area contributed by atoms with Gasteiger partial charge in [-0.15, -0.1) is 11.3 Å². The van der Waals surface area contributed by atoms with Gasteiger partial charge in [0.05, 0.1) is 15.2 Å². The van der Waals surface area contributed by atoms with E-state index in [0.717, 1.165) is 11.1 Å². The first-order valence-electron chi connectivity index (χ1n) is 3.39. The molecule has 0 fully saturated rings. The number of nitrogens with zero attached hydrogens (tertiary/aromatic N) is 1. The van der Waals surface area contributed by atoms with E-state index in [2.05, 4.69) is 4.98 Å². The third kappa shape index (κ3) is 1.08. The zero-order valence-electron chi connectivity index (χ0n) is 6.27. The number of hydrogen-bond acceptors (Lipinski definition) is 2. The molecule has 0 atom stereocenters. The van der Waals surface area contributed by atoms with Gasteiger partial charge in [0.25, 0.3) is 0 Å². The first kappa shape index (κ1) is 7.61. The van der Waals surface area contributed by atoms with Crippen LogP contribution in [0, 0.1) is 18.6 Å². The number of thiazole rings is 1. The molecule has 0 aliphatic carbocycles. The molecule has 1 nitrogen and oxygen atoms in total. The Balaban J connectivity index is 2.88. The zero-order valence-corrected chi connectivity index (χ0v) is 7.08. The second kappa shape index (κ2) is 2.48. The molecular formula is C8H5F2NS. The molecule has 62 valence electrons. The van der Waals surface area contributed by atoms with Crippen LogP contribution < -0.4 is 0 Å². The van der Waals surface area contributed by atoms with Gasteiger partial charge in [-0.05, 0) is 6.92 Å². The topological polar surface area (TPSA) is 12.9 Å². The van der Waals surface area contributed by atoms with Gasteiger partial charge in [0.1, 0.15) is 11.6 Å². The first-order chi connectivity index (χ1) is 5.66. The van der Waals surface area contributed by atoms with Crippen molar-refractivity contribution in [3.8, 4) is 0 Å². The maximum atomic E-state index is 13.0. The van der Waals surface area contributed by atoms with E-state index in [0.29, 0.717) is 10.2 Å². The summed E-state index contributed by atoms with van der Waals surface area (Å²) in [6.45, 7) is 1.77. The smallest absolute Gasteiger partial charge is 0.145 e. The van der Waals surface area contributed by atoms with Gasteiger partial charge in [-0.1, -0.05) is 0 Å². The van der Waals surface area contributed by atoms with Crippen LogP contribution in [0.15, 0.2) is 12.1 Å². The van der Waals surface area contributed by atoms with Gasteiger partial charge in [-0.2, -0.15) is 0 Å². The number of hydrogen-bond donors (Lipinski definition) is 0. The summed E-state index contributed by atoms with van der Waals surface area (Å²) in [5.74, 6) is -1.11. The van der Waals surface area contributed by atoms with Crippen LogP contribution in [0.4, 0.5) is 8.78 Å². The predicted octanol–water partition coefficient (Wildman–Crippen LogP) is 2.88. The maximum Gasteiger partial charge on any atom is 0.145 e. The lowest BCUT2D eigenvalue weighted by Gasteiger charge is -1.90. The van der Waals surface area contributed by atoms with Gasteiger partial charge in [0.15, 0.2) is 0 Å². The van der Waals surface area contributed by atoms with Gasteiger partial charge in [-0.25, -0.2) is 13.8 Å². The third-order valence-corrected chi connectivity index (χ3v) is 2.51. The molecule has 2 aromatic rings. The fourth-order valence-corrected chi connectivity index (χ4v) is 1.88. The lowest BCUT2D eigenvalue weighted by Crippen LogP contribution is -1.79. The Morgan fingerprint density at radius 2 is 2.08 bits per heavy atom. The standard InChI is InChI=1S/C8H5F2NS/c1-4-11-7-3-5(9)2-6(10)8(7)12-4/h2-3H,1H3. The lowest BCUT2D eigenvalue weighted by atomic mass is 10.3. The second-order valence-corrected chi connectivity index (χ2v) is 3.67. The van der Waals surface area contributed by atoms with Gasteiger partial charge >= 0.3 is 0 Å². The monoisotopic (exact) mass is 185 g/mol. The Hall–Kier alpha value is -1.03. The number of aryl methyl sites for hydroxylation is 1. The van der Waals surface area contributed by atoms with Crippen LogP contribution >= 0.6 is 11.3 Å². The van der Waals surface area contributed by atoms with E-state index < -0.39 is 11.6 Å². The highest BCUT2D eigenvalue weighted by Gasteiger charge is 2.07. The summed E-state index contributed by atoms with van der Waals surface area (Å²) in [5.41, 5.74) is 0.398. The Kier molecular flexibility index (Phi) is 1.58. The quantitative estimate of drug-likeness (QED) is 0.615. The molecule has 1 heterocycles. The molecule has 12 heavy (non-hydrogen) atoms. The van der Waals surface area contributed by atoms with E-state index in [1.807, 2.05) is 0 Å². The Bertz CT molecular complexity index is 436. The molecule has 0 spiro atoms. The summed E-state index contributed by atoms with van der Waals surface area (Å²) in [7, 11) is 0. The van der Waals surface area contributed by atoms with Crippen LogP contribution in [0.3, 0.4) is 0 Å². The van der Waals surface area contributed by atoms with E-state index in [1.54, 1.807) is 6.92 Å². The Labute approximate surface area is 71.7 Å². The summed E-state index contributed by atoms with van der Waals surface area (Å²) in [6.07, 6.45) is 0. The molecule has 1 aromatic heterocycles. The number of benzene rings is 1. The number of fused-ring (bicyclic) bond motifs is 1. The van der Waals surface area contributed by atoms with Crippen molar-refractivity contribution in [3.63, 3.8) is 0 Å². The van der Waals surface area contributed by atoms with Crippen molar-refractivity contribution < 1.29 is 8.78 Å². The summed E-state index contributed by atoms with van der Waals surface area (Å²) >= 11 is 1.23. The highest BCUT2D eigenvalue weighted by atomic mass is 32.1. The number of rotatable bonds is 0. The minimum atomic E-state index is -0.578. The Morgan fingerprint density at radius 1 is 1.33 bits per heavy atom. The van der Waals surface area contributed by atoms with Crippen LogP contribution in [0.1, 0.15) is 5.01 Å². The van der Waals surface area contributed by atoms with Gasteiger partial charge in [0, 0.05) is 12.1 Å². The molecule has 0 N–H and O–H groups in total. The molecule has 0 unspecified atom stereocenters. The molecule has 0 aliphatic heterocycles. The molecule has 0 saturated heterocycles. The van der Waals surface area contributed by atoms with Crippen molar-refractivity contribution in [3.05, 3.63) is 28.8 Å². The fraction of sp³-hybridized carbons (Fsp3) is 0.125. The summed E-state index contributed by atoms with van der Waals surface area (Å²) in [4.78, 5) is 3.97. The largest absolute Gasteiger partial charge is 0.241 e. The molecular weight excluding hydrogens is 180 g/mol. The van der Waals surface area contributed by atoms with E-state index in [-0.39, 0.29) is 0 Å². The molecule has 0 saturated carbocycles. The van der Waals surface area contributed by atoms with Gasteiger partial charge < -0.3 is 0 Å². The maximum absolute atomic E-state index is 13.0. The molecule has 0 aliphatic rings. The summed E-state index contributed by atoms with van der Waals surface area (Å²) in [6, 6.07) is 2.11. The lowest BCUT2D eigenvalue weighted by molar-refractivity contribution is 0.593. The third-order valence-electron chi connectivity index (χ3n) is 1.52. The zero-order chi connectivity index (χ0) is 8.72. The summed E-state index contributed by atoms with van der Waals surface area (Å²) in [5, 5.41) is 0.745. The predicted molar refractivity (Wildman–Crippen MR) is 44.3 cm³/mol. The van der Waals surface area contributed by atoms with Crippen molar-refractivity contribution in [1.29, 1.82) is 0 Å². The van der Waals surface area contributed by atoms with Crippen LogP contribution in [-0.2, 0) is 0 Å². The van der Waals surface area contributed by atoms with E-state index in [4.69, 9.17) is 0 Å². The first-order valence-corrected chi connectivity index (χ1v) is 4.20. The molecule has 0 bridgehead atoms. The van der Waals surface area contributed by atoms with Crippen LogP contribution in [0.25, 0.3) is 10.2 Å². The molecule has 1 aromatic carbocycles. The van der Waals surface area contributed by atoms with Crippen molar-refractivity contribution in [1.82, 2.24) is 4.98 Å². The average molecular weight is 185 g/mol.